The molecule has 1 amide bonds. The van der Waals surface area contributed by atoms with Crippen LogP contribution in [0.3, 0.4) is 0 Å². The molecule has 31 heavy (non-hydrogen) atoms. The van der Waals surface area contributed by atoms with Crippen LogP contribution in [0, 0.1) is 6.92 Å². The second kappa shape index (κ2) is 8.67. The zero-order valence-corrected chi connectivity index (χ0v) is 18.2. The number of amides is 1. The van der Waals surface area contributed by atoms with Crippen LogP contribution >= 0.6 is 0 Å². The number of carbonyl (C=O) groups is 1. The van der Waals surface area contributed by atoms with Crippen molar-refractivity contribution in [3.05, 3.63) is 65.2 Å². The third kappa shape index (κ3) is 4.19. The van der Waals surface area contributed by atoms with E-state index in [4.69, 9.17) is 14.2 Å². The molecule has 1 aliphatic rings. The first kappa shape index (κ1) is 20.7. The van der Waals surface area contributed by atoms with Gasteiger partial charge in [0.1, 0.15) is 18.4 Å². The van der Waals surface area contributed by atoms with E-state index in [-0.39, 0.29) is 12.5 Å². The van der Waals surface area contributed by atoms with Crippen molar-refractivity contribution < 1.29 is 19.0 Å². The molecule has 0 unspecified atom stereocenters. The maximum Gasteiger partial charge on any atom is 0.246 e. The summed E-state index contributed by atoms with van der Waals surface area (Å²) in [6, 6.07) is 13.0. The highest BCUT2D eigenvalue weighted by atomic mass is 16.5. The van der Waals surface area contributed by atoms with Gasteiger partial charge in [-0.1, -0.05) is 18.2 Å². The Morgan fingerprint density at radius 2 is 1.81 bits per heavy atom. The van der Waals surface area contributed by atoms with Crippen LogP contribution in [0.4, 0.5) is 0 Å². The Bertz CT molecular complexity index is 1080. The first-order valence-electron chi connectivity index (χ1n) is 10.1. The minimum Gasteiger partial charge on any atom is -0.497 e. The largest absolute Gasteiger partial charge is 0.497 e. The quantitative estimate of drug-likeness (QED) is 0.581. The van der Waals surface area contributed by atoms with Crippen molar-refractivity contribution in [2.24, 2.45) is 0 Å². The summed E-state index contributed by atoms with van der Waals surface area (Å²) in [5, 5.41) is 8.60. The normalized spacial score (nSPS) is 15.5. The van der Waals surface area contributed by atoms with Crippen LogP contribution in [0.15, 0.2) is 42.5 Å². The molecule has 0 bridgehead atoms. The first-order chi connectivity index (χ1) is 15.0. The summed E-state index contributed by atoms with van der Waals surface area (Å²) in [5.41, 5.74) is 2.12. The van der Waals surface area contributed by atoms with Gasteiger partial charge in [-0.05, 0) is 49.2 Å². The summed E-state index contributed by atoms with van der Waals surface area (Å²) in [6.07, 6.45) is 0. The van der Waals surface area contributed by atoms with Crippen LogP contribution in [0.1, 0.15) is 35.7 Å². The van der Waals surface area contributed by atoms with E-state index >= 15 is 0 Å². The fraction of sp³-hybridized carbons (Fsp3) is 0.348. The number of carbonyl (C=O) groups excluding carboxylic acids is 1. The van der Waals surface area contributed by atoms with Gasteiger partial charge >= 0.3 is 0 Å². The second-order valence-corrected chi connectivity index (χ2v) is 7.56. The van der Waals surface area contributed by atoms with Crippen molar-refractivity contribution in [3.8, 4) is 17.2 Å². The van der Waals surface area contributed by atoms with Crippen molar-refractivity contribution >= 4 is 5.91 Å². The van der Waals surface area contributed by atoms with E-state index in [0.29, 0.717) is 30.4 Å². The van der Waals surface area contributed by atoms with Crippen molar-refractivity contribution in [2.75, 3.05) is 14.2 Å². The van der Waals surface area contributed by atoms with E-state index in [2.05, 4.69) is 10.2 Å². The molecular formula is C23H26N4O4. The molecule has 0 spiro atoms. The average Bonchev–Trinajstić information content (AvgIpc) is 3.19. The van der Waals surface area contributed by atoms with Crippen molar-refractivity contribution in [3.63, 3.8) is 0 Å². The maximum atomic E-state index is 13.0. The number of hydrogen-bond acceptors (Lipinski definition) is 6. The standard InChI is InChI=1S/C23H26N4O4/c1-15-5-10-19(20(11-15)30-4)31-14-22-25-24-21-13-26(23(28)16(2)27(21)22)12-17-6-8-18(29-3)9-7-17/h5-11,16H,12-14H2,1-4H3/t16-/m0/s1. The van der Waals surface area contributed by atoms with E-state index in [9.17, 15) is 4.79 Å². The molecule has 2 heterocycles. The van der Waals surface area contributed by atoms with Crippen LogP contribution in [0.25, 0.3) is 0 Å². The SMILES string of the molecule is COc1ccc(CN2Cc3nnc(COc4ccc(C)cc4OC)n3[C@@H](C)C2=O)cc1. The number of benzene rings is 2. The third-order valence-electron chi connectivity index (χ3n) is 5.43. The van der Waals surface area contributed by atoms with E-state index in [1.54, 1.807) is 19.1 Å². The van der Waals surface area contributed by atoms with Crippen LogP contribution in [0.5, 0.6) is 17.2 Å². The van der Waals surface area contributed by atoms with Crippen LogP contribution < -0.4 is 14.2 Å². The monoisotopic (exact) mass is 422 g/mol. The average molecular weight is 422 g/mol. The molecule has 0 N–H and O–H groups in total. The molecule has 0 radical (unpaired) electrons. The molecular weight excluding hydrogens is 396 g/mol. The lowest BCUT2D eigenvalue weighted by atomic mass is 10.1. The van der Waals surface area contributed by atoms with Crippen molar-refractivity contribution in [2.45, 2.75) is 39.6 Å². The number of ether oxygens (including phenoxy) is 3. The highest BCUT2D eigenvalue weighted by molar-refractivity contribution is 5.81. The lowest BCUT2D eigenvalue weighted by Gasteiger charge is -2.32. The van der Waals surface area contributed by atoms with Crippen molar-refractivity contribution in [1.82, 2.24) is 19.7 Å². The van der Waals surface area contributed by atoms with Gasteiger partial charge in [0.2, 0.25) is 5.91 Å². The zero-order valence-electron chi connectivity index (χ0n) is 18.2. The minimum atomic E-state index is -0.407. The molecule has 8 nitrogen and oxygen atoms in total. The van der Waals surface area contributed by atoms with Crippen LogP contribution in [0.2, 0.25) is 0 Å². The number of fused-ring (bicyclic) bond motifs is 1. The molecule has 3 aromatic rings. The van der Waals surface area contributed by atoms with Gasteiger partial charge in [0, 0.05) is 6.54 Å². The Morgan fingerprint density at radius 3 is 2.52 bits per heavy atom. The number of methoxy groups -OCH3 is 2. The number of aromatic nitrogens is 3. The fourth-order valence-corrected chi connectivity index (χ4v) is 3.76. The first-order valence-corrected chi connectivity index (χ1v) is 10.1. The highest BCUT2D eigenvalue weighted by Gasteiger charge is 2.33. The number of nitrogens with zero attached hydrogens (tertiary/aromatic N) is 4. The molecule has 0 fully saturated rings. The molecule has 0 aliphatic carbocycles. The number of hydrogen-bond donors (Lipinski definition) is 0. The molecule has 1 aromatic heterocycles. The van der Waals surface area contributed by atoms with Gasteiger partial charge in [-0.3, -0.25) is 9.36 Å². The third-order valence-corrected chi connectivity index (χ3v) is 5.43. The van der Waals surface area contributed by atoms with Gasteiger partial charge < -0.3 is 19.1 Å². The number of aryl methyl sites for hydroxylation is 1. The molecule has 1 atom stereocenters. The van der Waals surface area contributed by atoms with Gasteiger partial charge in [0.05, 0.1) is 20.8 Å². The Balaban J connectivity index is 1.49. The second-order valence-electron chi connectivity index (χ2n) is 7.56. The summed E-state index contributed by atoms with van der Waals surface area (Å²) in [5.74, 6) is 3.46. The minimum absolute atomic E-state index is 0.0253. The molecule has 1 aliphatic heterocycles. The Labute approximate surface area is 181 Å². The summed E-state index contributed by atoms with van der Waals surface area (Å²) in [6.45, 7) is 4.96. The molecule has 0 saturated carbocycles. The van der Waals surface area contributed by atoms with Crippen molar-refractivity contribution in [1.29, 1.82) is 0 Å². The smallest absolute Gasteiger partial charge is 0.246 e. The molecule has 162 valence electrons. The van der Waals surface area contributed by atoms with Gasteiger partial charge in [0.25, 0.3) is 0 Å². The molecule has 2 aromatic carbocycles. The summed E-state index contributed by atoms with van der Waals surface area (Å²) >= 11 is 0. The fourth-order valence-electron chi connectivity index (χ4n) is 3.76. The van der Waals surface area contributed by atoms with Gasteiger partial charge in [-0.2, -0.15) is 0 Å². The maximum absolute atomic E-state index is 13.0. The predicted molar refractivity (Wildman–Crippen MR) is 114 cm³/mol. The van der Waals surface area contributed by atoms with Gasteiger partial charge in [-0.15, -0.1) is 10.2 Å². The van der Waals surface area contributed by atoms with Gasteiger partial charge in [0.15, 0.2) is 23.1 Å². The van der Waals surface area contributed by atoms with Crippen LogP contribution in [-0.2, 0) is 24.5 Å². The van der Waals surface area contributed by atoms with E-state index in [1.165, 1.54) is 0 Å². The lowest BCUT2D eigenvalue weighted by molar-refractivity contribution is -0.137. The molecule has 8 heteroatoms. The summed E-state index contributed by atoms with van der Waals surface area (Å²) in [7, 11) is 3.24. The Kier molecular flexibility index (Phi) is 5.79. The molecule has 0 saturated heterocycles. The predicted octanol–water partition coefficient (Wildman–Crippen LogP) is 3.29. The topological polar surface area (TPSA) is 78.7 Å². The zero-order chi connectivity index (χ0) is 22.0. The van der Waals surface area contributed by atoms with E-state index < -0.39 is 6.04 Å². The summed E-state index contributed by atoms with van der Waals surface area (Å²) in [4.78, 5) is 14.8. The highest BCUT2D eigenvalue weighted by Crippen LogP contribution is 2.30. The van der Waals surface area contributed by atoms with Gasteiger partial charge in [-0.25, -0.2) is 0 Å². The number of rotatable bonds is 7. The van der Waals surface area contributed by atoms with Crippen LogP contribution in [-0.4, -0.2) is 39.8 Å². The Hall–Kier alpha value is -3.55. The van der Waals surface area contributed by atoms with E-state index in [0.717, 1.165) is 22.7 Å². The lowest BCUT2D eigenvalue weighted by Crippen LogP contribution is -2.41. The summed E-state index contributed by atoms with van der Waals surface area (Å²) < 4.78 is 18.4. The molecule has 4 rings (SSSR count). The van der Waals surface area contributed by atoms with E-state index in [1.807, 2.05) is 60.9 Å². The Morgan fingerprint density at radius 1 is 1.03 bits per heavy atom.